The first-order valence-electron chi connectivity index (χ1n) is 7.87. The number of carbonyl (C=O) groups is 2. The molecule has 24 heavy (non-hydrogen) atoms. The minimum Gasteiger partial charge on any atom is -0.353 e. The highest BCUT2D eigenvalue weighted by Gasteiger charge is 2.35. The number of carbonyl (C=O) groups excluding carboxylic acids is 2. The van der Waals surface area contributed by atoms with Gasteiger partial charge in [0, 0.05) is 24.8 Å². The zero-order valence-corrected chi connectivity index (χ0v) is 15.3. The molecule has 0 radical (unpaired) electrons. The fourth-order valence-electron chi connectivity index (χ4n) is 2.53. The van der Waals surface area contributed by atoms with Crippen molar-refractivity contribution in [2.45, 2.75) is 32.4 Å². The number of thiocarbonyl (C=S) groups is 1. The number of rotatable bonds is 2. The first-order valence-corrected chi connectivity index (χ1v) is 8.28. The van der Waals surface area contributed by atoms with Crippen LogP contribution in [0.3, 0.4) is 0 Å². The second-order valence-electron chi connectivity index (χ2n) is 6.89. The molecule has 1 aromatic carbocycles. The second kappa shape index (κ2) is 7.17. The van der Waals surface area contributed by atoms with E-state index < -0.39 is 6.04 Å². The summed E-state index contributed by atoms with van der Waals surface area (Å²) in [5.41, 5.74) is 0.307. The van der Waals surface area contributed by atoms with Crippen molar-refractivity contribution in [1.29, 1.82) is 0 Å². The maximum absolute atomic E-state index is 12.9. The summed E-state index contributed by atoms with van der Waals surface area (Å²) in [7, 11) is 1.81. The van der Waals surface area contributed by atoms with Crippen LogP contribution in [0.4, 0.5) is 5.69 Å². The number of para-hydroxylation sites is 1. The molecule has 1 aliphatic rings. The Hall–Kier alpha value is -2.15. The van der Waals surface area contributed by atoms with Gasteiger partial charge in [-0.2, -0.15) is 0 Å². The van der Waals surface area contributed by atoms with Crippen LogP contribution in [0.2, 0.25) is 0 Å². The summed E-state index contributed by atoms with van der Waals surface area (Å²) >= 11 is 5.25. The predicted molar refractivity (Wildman–Crippen MR) is 98.8 cm³/mol. The summed E-state index contributed by atoms with van der Waals surface area (Å²) in [6.45, 7) is 6.11. The first-order chi connectivity index (χ1) is 11.2. The molecule has 0 aliphatic carbocycles. The Balaban J connectivity index is 2.41. The molecule has 130 valence electrons. The van der Waals surface area contributed by atoms with Crippen LogP contribution in [0, 0.1) is 0 Å². The smallest absolute Gasteiger partial charge is 0.247 e. The lowest BCUT2D eigenvalue weighted by atomic mass is 10.1. The molecule has 2 N–H and O–H groups in total. The van der Waals surface area contributed by atoms with Gasteiger partial charge in [-0.05, 0) is 45.1 Å². The van der Waals surface area contributed by atoms with Crippen LogP contribution in [-0.2, 0) is 9.59 Å². The van der Waals surface area contributed by atoms with Crippen molar-refractivity contribution in [3.63, 3.8) is 0 Å². The van der Waals surface area contributed by atoms with Crippen LogP contribution in [0.15, 0.2) is 30.3 Å². The molecule has 1 saturated heterocycles. The normalized spacial score (nSPS) is 19.4. The van der Waals surface area contributed by atoms with Crippen molar-refractivity contribution < 1.29 is 9.59 Å². The van der Waals surface area contributed by atoms with E-state index in [2.05, 4.69) is 10.6 Å². The van der Waals surface area contributed by atoms with Crippen LogP contribution in [0.5, 0.6) is 0 Å². The summed E-state index contributed by atoms with van der Waals surface area (Å²) in [5, 5.41) is 6.36. The van der Waals surface area contributed by atoms with Gasteiger partial charge in [0.25, 0.3) is 0 Å². The molecule has 1 fully saturated rings. The molecule has 7 heteroatoms. The van der Waals surface area contributed by atoms with Crippen molar-refractivity contribution in [3.8, 4) is 0 Å². The van der Waals surface area contributed by atoms with Crippen molar-refractivity contribution >= 4 is 34.8 Å². The molecule has 1 heterocycles. The predicted octanol–water partition coefficient (Wildman–Crippen LogP) is 1.12. The van der Waals surface area contributed by atoms with Gasteiger partial charge in [0.2, 0.25) is 11.8 Å². The van der Waals surface area contributed by atoms with E-state index in [1.165, 1.54) is 0 Å². The Kier molecular flexibility index (Phi) is 5.43. The monoisotopic (exact) mass is 348 g/mol. The number of nitrogens with zero attached hydrogens (tertiary/aromatic N) is 2. The van der Waals surface area contributed by atoms with E-state index in [-0.39, 0.29) is 23.9 Å². The molecule has 1 aromatic rings. The van der Waals surface area contributed by atoms with Crippen molar-refractivity contribution in [3.05, 3.63) is 30.3 Å². The van der Waals surface area contributed by atoms with E-state index in [1.807, 2.05) is 58.2 Å². The molecule has 1 atom stereocenters. The van der Waals surface area contributed by atoms with Gasteiger partial charge in [0.15, 0.2) is 5.11 Å². The number of nitrogens with one attached hydrogen (secondary N) is 2. The van der Waals surface area contributed by atoms with Gasteiger partial charge in [0.1, 0.15) is 6.04 Å². The first kappa shape index (κ1) is 18.2. The van der Waals surface area contributed by atoms with E-state index in [0.29, 0.717) is 17.3 Å². The topological polar surface area (TPSA) is 64.7 Å². The zero-order valence-electron chi connectivity index (χ0n) is 14.5. The van der Waals surface area contributed by atoms with Crippen LogP contribution in [-0.4, -0.2) is 53.5 Å². The Labute approximate surface area is 148 Å². The Morgan fingerprint density at radius 1 is 1.29 bits per heavy atom. The van der Waals surface area contributed by atoms with Crippen LogP contribution in [0.25, 0.3) is 0 Å². The highest BCUT2D eigenvalue weighted by atomic mass is 32.1. The van der Waals surface area contributed by atoms with Gasteiger partial charge in [-0.25, -0.2) is 0 Å². The molecule has 2 rings (SSSR count). The standard InChI is InChI=1S/C17H24N4O2S/c1-17(2,3)19-15(23)13-11-20(4)16(24)18-10-14(22)21(13)12-8-6-5-7-9-12/h5-9,13H,10-11H2,1-4H3,(H,18,24)(H,19,23). The van der Waals surface area contributed by atoms with Crippen molar-refractivity contribution in [2.24, 2.45) is 0 Å². The lowest BCUT2D eigenvalue weighted by Crippen LogP contribution is -2.62. The summed E-state index contributed by atoms with van der Waals surface area (Å²) in [5.74, 6) is -0.387. The minimum atomic E-state index is -0.663. The number of likely N-dealkylation sites (N-methyl/N-ethyl adjacent to an activating group) is 1. The summed E-state index contributed by atoms with van der Waals surface area (Å²) in [6.07, 6.45) is 0. The molecule has 2 amide bonds. The molecule has 6 nitrogen and oxygen atoms in total. The third kappa shape index (κ3) is 4.44. The van der Waals surface area contributed by atoms with E-state index >= 15 is 0 Å². The van der Waals surface area contributed by atoms with Gasteiger partial charge in [-0.15, -0.1) is 0 Å². The Morgan fingerprint density at radius 2 is 1.92 bits per heavy atom. The third-order valence-electron chi connectivity index (χ3n) is 3.60. The van der Waals surface area contributed by atoms with Gasteiger partial charge < -0.3 is 15.5 Å². The third-order valence-corrected chi connectivity index (χ3v) is 4.06. The quantitative estimate of drug-likeness (QED) is 0.785. The van der Waals surface area contributed by atoms with E-state index in [0.717, 1.165) is 0 Å². The van der Waals surface area contributed by atoms with E-state index in [1.54, 1.807) is 9.80 Å². The summed E-state index contributed by atoms with van der Waals surface area (Å²) in [6, 6.07) is 8.57. The molecule has 0 saturated carbocycles. The molecule has 1 aliphatic heterocycles. The molecular weight excluding hydrogens is 324 g/mol. The fourth-order valence-corrected chi connectivity index (χ4v) is 2.68. The molecule has 1 unspecified atom stereocenters. The fraction of sp³-hybridized carbons (Fsp3) is 0.471. The van der Waals surface area contributed by atoms with Gasteiger partial charge >= 0.3 is 0 Å². The molecule has 0 aromatic heterocycles. The number of amides is 2. The highest BCUT2D eigenvalue weighted by molar-refractivity contribution is 7.80. The summed E-state index contributed by atoms with van der Waals surface area (Å²) in [4.78, 5) is 28.9. The molecular formula is C17H24N4O2S. The highest BCUT2D eigenvalue weighted by Crippen LogP contribution is 2.19. The lowest BCUT2D eigenvalue weighted by Gasteiger charge is -2.38. The average Bonchev–Trinajstić information content (AvgIpc) is 2.50. The van der Waals surface area contributed by atoms with E-state index in [9.17, 15) is 9.59 Å². The van der Waals surface area contributed by atoms with Crippen LogP contribution >= 0.6 is 12.2 Å². The largest absolute Gasteiger partial charge is 0.353 e. The number of hydrogen-bond donors (Lipinski definition) is 2. The van der Waals surface area contributed by atoms with Crippen LogP contribution < -0.4 is 15.5 Å². The minimum absolute atomic E-state index is 0.0529. The van der Waals surface area contributed by atoms with Crippen molar-refractivity contribution in [1.82, 2.24) is 15.5 Å². The van der Waals surface area contributed by atoms with Crippen LogP contribution in [0.1, 0.15) is 20.8 Å². The maximum atomic E-state index is 12.9. The Bertz CT molecular complexity index is 627. The van der Waals surface area contributed by atoms with Gasteiger partial charge in [0.05, 0.1) is 6.54 Å². The second-order valence-corrected chi connectivity index (χ2v) is 7.28. The Morgan fingerprint density at radius 3 is 2.50 bits per heavy atom. The lowest BCUT2D eigenvalue weighted by molar-refractivity contribution is -0.127. The van der Waals surface area contributed by atoms with Gasteiger partial charge in [-0.1, -0.05) is 18.2 Å². The number of benzene rings is 1. The SMILES string of the molecule is CN1CC(C(=O)NC(C)(C)C)N(c2ccccc2)C(=O)CNC1=S. The van der Waals surface area contributed by atoms with Crippen molar-refractivity contribution in [2.75, 3.05) is 25.0 Å². The van der Waals surface area contributed by atoms with Gasteiger partial charge in [-0.3, -0.25) is 14.5 Å². The summed E-state index contributed by atoms with van der Waals surface area (Å²) < 4.78 is 0. The average molecular weight is 348 g/mol. The maximum Gasteiger partial charge on any atom is 0.247 e. The number of hydrogen-bond acceptors (Lipinski definition) is 3. The molecule has 0 bridgehead atoms. The van der Waals surface area contributed by atoms with E-state index in [4.69, 9.17) is 12.2 Å². The zero-order chi connectivity index (χ0) is 17.9. The molecule has 0 spiro atoms. The number of anilines is 1.